The first-order valence-corrected chi connectivity index (χ1v) is 5.69. The normalized spacial score (nSPS) is 14.9. The van der Waals surface area contributed by atoms with Gasteiger partial charge in [0.05, 0.1) is 0 Å². The van der Waals surface area contributed by atoms with Gasteiger partial charge in [-0.25, -0.2) is 4.79 Å². The fourth-order valence-electron chi connectivity index (χ4n) is 2.52. The summed E-state index contributed by atoms with van der Waals surface area (Å²) in [7, 11) is 0. The van der Waals surface area contributed by atoms with Crippen LogP contribution in [0.5, 0.6) is 0 Å². The summed E-state index contributed by atoms with van der Waals surface area (Å²) in [5, 5.41) is 9.18. The van der Waals surface area contributed by atoms with Gasteiger partial charge in [0.15, 0.2) is 0 Å². The lowest BCUT2D eigenvalue weighted by Gasteiger charge is -2.22. The summed E-state index contributed by atoms with van der Waals surface area (Å²) in [6.45, 7) is 4.12. The van der Waals surface area contributed by atoms with E-state index in [9.17, 15) is 9.90 Å². The number of carboxylic acids is 1. The van der Waals surface area contributed by atoms with Crippen LogP contribution in [0.3, 0.4) is 0 Å². The van der Waals surface area contributed by atoms with Crippen LogP contribution in [0.1, 0.15) is 36.5 Å². The van der Waals surface area contributed by atoms with Crippen LogP contribution in [0.2, 0.25) is 0 Å². The third-order valence-electron chi connectivity index (χ3n) is 3.34. The summed E-state index contributed by atoms with van der Waals surface area (Å²) in [6, 6.07) is 6.15. The van der Waals surface area contributed by atoms with Crippen molar-refractivity contribution in [3.8, 4) is 0 Å². The molecule has 2 nitrogen and oxygen atoms in total. The Morgan fingerprint density at radius 3 is 2.75 bits per heavy atom. The number of hydrogen-bond donors (Lipinski definition) is 1. The number of carbonyl (C=O) groups is 1. The van der Waals surface area contributed by atoms with E-state index in [1.165, 1.54) is 11.1 Å². The maximum Gasteiger partial charge on any atom is 0.331 e. The van der Waals surface area contributed by atoms with Crippen molar-refractivity contribution in [2.45, 2.75) is 33.1 Å². The molecule has 16 heavy (non-hydrogen) atoms. The molecule has 0 atom stereocenters. The van der Waals surface area contributed by atoms with Gasteiger partial charge in [0.25, 0.3) is 0 Å². The number of rotatable bonds is 2. The van der Waals surface area contributed by atoms with Gasteiger partial charge in [-0.15, -0.1) is 0 Å². The van der Waals surface area contributed by atoms with E-state index in [4.69, 9.17) is 0 Å². The van der Waals surface area contributed by atoms with Gasteiger partial charge >= 0.3 is 5.97 Å². The molecule has 0 saturated heterocycles. The van der Waals surface area contributed by atoms with Crippen LogP contribution in [0, 0.1) is 6.92 Å². The number of aryl methyl sites for hydroxylation is 1. The number of carboxylic acid groups (broad SMARTS) is 1. The number of allylic oxidation sites excluding steroid dienone is 1. The van der Waals surface area contributed by atoms with E-state index in [0.717, 1.165) is 24.0 Å². The molecular formula is C14H16O2. The van der Waals surface area contributed by atoms with E-state index in [1.807, 2.05) is 19.1 Å². The first-order chi connectivity index (χ1) is 7.65. The molecule has 0 bridgehead atoms. The second-order valence-electron chi connectivity index (χ2n) is 4.22. The summed E-state index contributed by atoms with van der Waals surface area (Å²) in [5.74, 6) is -0.760. The average molecular weight is 216 g/mol. The molecule has 1 aliphatic carbocycles. The Balaban J connectivity index is 2.63. The topological polar surface area (TPSA) is 37.3 Å². The molecule has 1 aliphatic rings. The molecule has 0 saturated carbocycles. The molecule has 0 aliphatic heterocycles. The first kappa shape index (κ1) is 10.9. The minimum absolute atomic E-state index is 0.598. The molecule has 0 aromatic heterocycles. The van der Waals surface area contributed by atoms with Crippen LogP contribution in [-0.2, 0) is 11.2 Å². The minimum Gasteiger partial charge on any atom is -0.478 e. The van der Waals surface area contributed by atoms with E-state index in [1.54, 1.807) is 0 Å². The van der Waals surface area contributed by atoms with Crippen molar-refractivity contribution in [1.29, 1.82) is 0 Å². The lowest BCUT2D eigenvalue weighted by molar-refractivity contribution is -0.132. The summed E-state index contributed by atoms with van der Waals surface area (Å²) in [6.07, 6.45) is 2.31. The van der Waals surface area contributed by atoms with Crippen LogP contribution in [-0.4, -0.2) is 11.1 Å². The smallest absolute Gasteiger partial charge is 0.331 e. The highest BCUT2D eigenvalue weighted by Crippen LogP contribution is 2.34. The van der Waals surface area contributed by atoms with E-state index in [-0.39, 0.29) is 0 Å². The van der Waals surface area contributed by atoms with Crippen LogP contribution in [0.4, 0.5) is 0 Å². The molecule has 0 fully saturated rings. The van der Waals surface area contributed by atoms with Crippen molar-refractivity contribution in [1.82, 2.24) is 0 Å². The fraction of sp³-hybridized carbons (Fsp3) is 0.357. The van der Waals surface area contributed by atoms with E-state index < -0.39 is 5.97 Å². The van der Waals surface area contributed by atoms with Crippen molar-refractivity contribution >= 4 is 11.5 Å². The number of benzene rings is 1. The van der Waals surface area contributed by atoms with Gasteiger partial charge in [-0.05, 0) is 48.4 Å². The van der Waals surface area contributed by atoms with E-state index in [0.29, 0.717) is 12.0 Å². The van der Waals surface area contributed by atoms with Crippen molar-refractivity contribution < 1.29 is 9.90 Å². The molecule has 2 heteroatoms. The zero-order valence-electron chi connectivity index (χ0n) is 9.71. The van der Waals surface area contributed by atoms with Gasteiger partial charge in [0, 0.05) is 5.57 Å². The molecular weight excluding hydrogens is 200 g/mol. The monoisotopic (exact) mass is 216 g/mol. The maximum atomic E-state index is 11.2. The molecule has 84 valence electrons. The Morgan fingerprint density at radius 1 is 1.38 bits per heavy atom. The quantitative estimate of drug-likeness (QED) is 0.824. The number of hydrogen-bond acceptors (Lipinski definition) is 1. The molecule has 0 amide bonds. The predicted octanol–water partition coefficient (Wildman–Crippen LogP) is 3.19. The molecule has 0 spiro atoms. The van der Waals surface area contributed by atoms with Crippen molar-refractivity contribution in [3.05, 3.63) is 40.5 Å². The Labute approximate surface area is 95.6 Å². The maximum absolute atomic E-state index is 11.2. The van der Waals surface area contributed by atoms with E-state index >= 15 is 0 Å². The Morgan fingerprint density at radius 2 is 2.12 bits per heavy atom. The lowest BCUT2D eigenvalue weighted by Crippen LogP contribution is -2.12. The molecule has 0 heterocycles. The molecule has 1 N–H and O–H groups in total. The third kappa shape index (κ3) is 1.64. The zero-order valence-corrected chi connectivity index (χ0v) is 9.71. The summed E-state index contributed by atoms with van der Waals surface area (Å²) >= 11 is 0. The van der Waals surface area contributed by atoms with Gasteiger partial charge in [0.2, 0.25) is 0 Å². The summed E-state index contributed by atoms with van der Waals surface area (Å²) in [5.41, 5.74) is 5.35. The first-order valence-electron chi connectivity index (χ1n) is 5.69. The molecule has 1 aromatic carbocycles. The van der Waals surface area contributed by atoms with Crippen molar-refractivity contribution in [2.75, 3.05) is 0 Å². The highest BCUT2D eigenvalue weighted by molar-refractivity contribution is 5.97. The molecule has 2 rings (SSSR count). The second-order valence-corrected chi connectivity index (χ2v) is 4.22. The molecule has 0 unspecified atom stereocenters. The SMILES string of the molecule is CCC1=C(C(=O)O)CCc2c(C)cccc21. The molecule has 1 aromatic rings. The average Bonchev–Trinajstić information content (AvgIpc) is 2.27. The van der Waals surface area contributed by atoms with Crippen LogP contribution in [0.25, 0.3) is 5.57 Å². The van der Waals surface area contributed by atoms with Gasteiger partial charge in [-0.1, -0.05) is 25.1 Å². The largest absolute Gasteiger partial charge is 0.478 e. The Kier molecular flexibility index (Phi) is 2.82. The summed E-state index contributed by atoms with van der Waals surface area (Å²) < 4.78 is 0. The standard InChI is InChI=1S/C14H16O2/c1-3-10-12-6-4-5-9(2)11(12)7-8-13(10)14(15)16/h4-6H,3,7-8H2,1-2H3,(H,15,16). The Bertz CT molecular complexity index is 470. The van der Waals surface area contributed by atoms with Crippen LogP contribution < -0.4 is 0 Å². The zero-order chi connectivity index (χ0) is 11.7. The summed E-state index contributed by atoms with van der Waals surface area (Å²) in [4.78, 5) is 11.2. The predicted molar refractivity (Wildman–Crippen MR) is 64.3 cm³/mol. The van der Waals surface area contributed by atoms with Gasteiger partial charge in [0.1, 0.15) is 0 Å². The van der Waals surface area contributed by atoms with Gasteiger partial charge in [-0.3, -0.25) is 0 Å². The van der Waals surface area contributed by atoms with Crippen LogP contribution in [0.15, 0.2) is 23.8 Å². The highest BCUT2D eigenvalue weighted by Gasteiger charge is 2.22. The third-order valence-corrected chi connectivity index (χ3v) is 3.34. The van der Waals surface area contributed by atoms with Crippen molar-refractivity contribution in [3.63, 3.8) is 0 Å². The Hall–Kier alpha value is -1.57. The number of fused-ring (bicyclic) bond motifs is 1. The second kappa shape index (κ2) is 4.12. The molecule has 0 radical (unpaired) electrons. The number of aliphatic carboxylic acids is 1. The van der Waals surface area contributed by atoms with Gasteiger partial charge < -0.3 is 5.11 Å². The van der Waals surface area contributed by atoms with Gasteiger partial charge in [-0.2, -0.15) is 0 Å². The fourth-order valence-corrected chi connectivity index (χ4v) is 2.52. The highest BCUT2D eigenvalue weighted by atomic mass is 16.4. The van der Waals surface area contributed by atoms with E-state index in [2.05, 4.69) is 13.0 Å². The lowest BCUT2D eigenvalue weighted by atomic mass is 9.82. The van der Waals surface area contributed by atoms with Crippen LogP contribution >= 0.6 is 0 Å². The minimum atomic E-state index is -0.760. The van der Waals surface area contributed by atoms with Crippen molar-refractivity contribution in [2.24, 2.45) is 0 Å².